The molecule has 0 saturated heterocycles. The molecule has 1 fully saturated rings. The summed E-state index contributed by atoms with van der Waals surface area (Å²) in [6, 6.07) is 0. The molecule has 0 heterocycles. The maximum atomic E-state index is 12.8. The SMILES string of the molecule is CCC/C=C/C/C=C/C/C=C/C/C=C/CCCCCC(=O)OC[C@H](COP(=O)(O)OC1C(O)C(O)C(O)[C@@H](O)C1O)OC(=O)CC/C=C/C/C=C/C/C=C/C/C=C/C/C=C/CCCCC. The topological polar surface area (TPSA) is 210 Å². The standard InChI is InChI=1S/C51H81O13P/c1-3-5-7-9-11-13-15-17-19-21-22-24-26-28-30-32-34-36-38-40-45(53)63-43(42-62-65(59,60)64-51-49(57)47(55)46(54)48(56)50(51)58)41-61-44(52)39-37-35-33-31-29-27-25-23-20-18-16-14-12-10-8-6-4-2/h8,10-11,13-14,16-17,19-20,22-24,27-30,34,36,43,46-51,54-58H,3-7,9,12,15,18,21,25-26,31-33,35,37-42H2,1-2H3,(H,59,60)/b10-8+,13-11+,16-14+,19-17+,23-20+,24-22+,29-27+,30-28+,36-34+/t43-,46?,47-,48?,49?,50?,51?/m1/s1. The summed E-state index contributed by atoms with van der Waals surface area (Å²) in [6.07, 6.45) is 41.5. The zero-order valence-corrected chi connectivity index (χ0v) is 39.9. The number of carbonyl (C=O) groups excluding carboxylic acids is 2. The van der Waals surface area contributed by atoms with Crippen molar-refractivity contribution in [2.24, 2.45) is 0 Å². The maximum Gasteiger partial charge on any atom is 0.472 e. The van der Waals surface area contributed by atoms with E-state index in [2.05, 4.69) is 105 Å². The molecule has 0 spiro atoms. The molecule has 1 rings (SSSR count). The minimum absolute atomic E-state index is 0.0409. The number of unbranched alkanes of at least 4 members (excludes halogenated alkanes) is 7. The lowest BCUT2D eigenvalue weighted by molar-refractivity contribution is -0.220. The normalized spacial score (nSPS) is 22.4. The number of rotatable bonds is 37. The smallest absolute Gasteiger partial charge is 0.462 e. The van der Waals surface area contributed by atoms with Gasteiger partial charge in [0.2, 0.25) is 0 Å². The zero-order valence-electron chi connectivity index (χ0n) is 39.0. The Labute approximate surface area is 389 Å². The Hall–Kier alpha value is -3.49. The number of hydrogen-bond acceptors (Lipinski definition) is 12. The van der Waals surface area contributed by atoms with E-state index in [9.17, 15) is 44.6 Å². The molecule has 6 unspecified atom stereocenters. The largest absolute Gasteiger partial charge is 0.472 e. The van der Waals surface area contributed by atoms with Crippen LogP contribution in [0.4, 0.5) is 0 Å². The number of esters is 2. The maximum absolute atomic E-state index is 12.8. The van der Waals surface area contributed by atoms with Gasteiger partial charge in [0.1, 0.15) is 43.2 Å². The molecular formula is C51H81O13P. The number of hydrogen-bond donors (Lipinski definition) is 6. The van der Waals surface area contributed by atoms with Crippen LogP contribution in [0.5, 0.6) is 0 Å². The first-order valence-corrected chi connectivity index (χ1v) is 25.2. The molecule has 0 amide bonds. The molecule has 0 aromatic carbocycles. The van der Waals surface area contributed by atoms with E-state index >= 15 is 0 Å². The second-order valence-electron chi connectivity index (χ2n) is 15.9. The molecule has 0 aromatic rings. The highest BCUT2D eigenvalue weighted by Crippen LogP contribution is 2.47. The van der Waals surface area contributed by atoms with E-state index in [-0.39, 0.29) is 12.8 Å². The van der Waals surface area contributed by atoms with Gasteiger partial charge in [-0.1, -0.05) is 149 Å². The van der Waals surface area contributed by atoms with E-state index in [1.165, 1.54) is 25.7 Å². The molecule has 0 radical (unpaired) electrons. The minimum atomic E-state index is -5.16. The average Bonchev–Trinajstić information content (AvgIpc) is 3.29. The second kappa shape index (κ2) is 39.7. The van der Waals surface area contributed by atoms with Gasteiger partial charge in [0, 0.05) is 12.8 Å². The van der Waals surface area contributed by atoms with Gasteiger partial charge in [-0.15, -0.1) is 0 Å². The average molecular weight is 933 g/mol. The van der Waals surface area contributed by atoms with Crippen LogP contribution in [0.25, 0.3) is 0 Å². The molecule has 1 aliphatic carbocycles. The van der Waals surface area contributed by atoms with E-state index in [4.69, 9.17) is 18.5 Å². The van der Waals surface area contributed by atoms with Crippen LogP contribution in [0.1, 0.15) is 142 Å². The molecule has 8 atom stereocenters. The Morgan fingerprint density at radius 3 is 1.35 bits per heavy atom. The first-order valence-electron chi connectivity index (χ1n) is 23.7. The number of phosphoric acid groups is 1. The predicted octanol–water partition coefficient (Wildman–Crippen LogP) is 9.61. The molecule has 0 aromatic heterocycles. The summed E-state index contributed by atoms with van der Waals surface area (Å²) in [5.41, 5.74) is 0. The van der Waals surface area contributed by atoms with Crippen molar-refractivity contribution in [3.63, 3.8) is 0 Å². The summed E-state index contributed by atoms with van der Waals surface area (Å²) < 4.78 is 33.4. The lowest BCUT2D eigenvalue weighted by Gasteiger charge is -2.41. The molecule has 1 aliphatic rings. The molecule has 13 nitrogen and oxygen atoms in total. The summed E-state index contributed by atoms with van der Waals surface area (Å²) in [5.74, 6) is -1.24. The summed E-state index contributed by atoms with van der Waals surface area (Å²) in [4.78, 5) is 35.7. The first kappa shape index (κ1) is 59.5. The van der Waals surface area contributed by atoms with Crippen LogP contribution in [0.2, 0.25) is 0 Å². The summed E-state index contributed by atoms with van der Waals surface area (Å²) in [6.45, 7) is 3.10. The molecule has 0 bridgehead atoms. The van der Waals surface area contributed by atoms with Crippen LogP contribution in [0, 0.1) is 0 Å². The highest BCUT2D eigenvalue weighted by Gasteiger charge is 2.51. The van der Waals surface area contributed by atoms with E-state index < -0.39 is 75.7 Å². The summed E-state index contributed by atoms with van der Waals surface area (Å²) in [5, 5.41) is 50.2. The molecule has 6 N–H and O–H groups in total. The van der Waals surface area contributed by atoms with Crippen molar-refractivity contribution in [2.45, 2.75) is 185 Å². The van der Waals surface area contributed by atoms with Crippen LogP contribution in [-0.4, -0.2) is 98.3 Å². The lowest BCUT2D eigenvalue weighted by atomic mass is 9.85. The summed E-state index contributed by atoms with van der Waals surface area (Å²) >= 11 is 0. The quantitative estimate of drug-likeness (QED) is 0.0149. The molecule has 0 aliphatic heterocycles. The third-order valence-electron chi connectivity index (χ3n) is 10.1. The third-order valence-corrected chi connectivity index (χ3v) is 11.1. The Morgan fingerprint density at radius 2 is 0.892 bits per heavy atom. The van der Waals surface area contributed by atoms with Crippen molar-refractivity contribution in [3.05, 3.63) is 109 Å². The number of allylic oxidation sites excluding steroid dienone is 18. The van der Waals surface area contributed by atoms with Gasteiger partial charge >= 0.3 is 19.8 Å². The van der Waals surface area contributed by atoms with E-state index in [1.807, 2.05) is 18.2 Å². The van der Waals surface area contributed by atoms with Crippen LogP contribution in [-0.2, 0) is 32.7 Å². The Morgan fingerprint density at radius 1 is 0.477 bits per heavy atom. The fraction of sp³-hybridized carbons (Fsp3) is 0.608. The Balaban J connectivity index is 2.54. The highest BCUT2D eigenvalue weighted by molar-refractivity contribution is 7.47. The van der Waals surface area contributed by atoms with Crippen molar-refractivity contribution in [3.8, 4) is 0 Å². The number of phosphoric ester groups is 1. The molecule has 65 heavy (non-hydrogen) atoms. The predicted molar refractivity (Wildman–Crippen MR) is 257 cm³/mol. The zero-order chi connectivity index (χ0) is 47.8. The number of aliphatic hydroxyl groups is 5. The first-order chi connectivity index (χ1) is 31.4. The van der Waals surface area contributed by atoms with Crippen LogP contribution in [0.3, 0.4) is 0 Å². The van der Waals surface area contributed by atoms with Crippen LogP contribution >= 0.6 is 7.82 Å². The van der Waals surface area contributed by atoms with Crippen molar-refractivity contribution in [1.82, 2.24) is 0 Å². The molecule has 368 valence electrons. The monoisotopic (exact) mass is 933 g/mol. The van der Waals surface area contributed by atoms with Crippen LogP contribution < -0.4 is 0 Å². The number of ether oxygens (including phenoxy) is 2. The van der Waals surface area contributed by atoms with Crippen LogP contribution in [0.15, 0.2) is 109 Å². The van der Waals surface area contributed by atoms with Crippen molar-refractivity contribution in [2.75, 3.05) is 13.2 Å². The van der Waals surface area contributed by atoms with Gasteiger partial charge in [0.25, 0.3) is 0 Å². The fourth-order valence-electron chi connectivity index (χ4n) is 6.26. The lowest BCUT2D eigenvalue weighted by Crippen LogP contribution is -2.64. The Kier molecular flexibility index (Phi) is 36.3. The van der Waals surface area contributed by atoms with E-state index in [0.29, 0.717) is 19.3 Å². The number of aliphatic hydroxyl groups excluding tert-OH is 5. The third kappa shape index (κ3) is 32.0. The molecule has 14 heteroatoms. The van der Waals surface area contributed by atoms with Gasteiger partial charge < -0.3 is 39.9 Å². The number of carbonyl (C=O) groups is 2. The molecular weight excluding hydrogens is 852 g/mol. The fourth-order valence-corrected chi connectivity index (χ4v) is 7.23. The molecule has 1 saturated carbocycles. The van der Waals surface area contributed by atoms with Crippen molar-refractivity contribution in [1.29, 1.82) is 0 Å². The van der Waals surface area contributed by atoms with E-state index in [0.717, 1.165) is 70.6 Å². The van der Waals surface area contributed by atoms with Gasteiger partial charge in [-0.05, 0) is 89.9 Å². The summed E-state index contributed by atoms with van der Waals surface area (Å²) in [7, 11) is -5.16. The minimum Gasteiger partial charge on any atom is -0.462 e. The van der Waals surface area contributed by atoms with Gasteiger partial charge in [0.05, 0.1) is 6.61 Å². The van der Waals surface area contributed by atoms with Gasteiger partial charge in [0.15, 0.2) is 6.10 Å². The Bertz CT molecular complexity index is 1550. The van der Waals surface area contributed by atoms with E-state index in [1.54, 1.807) is 0 Å². The van der Waals surface area contributed by atoms with Crippen molar-refractivity contribution >= 4 is 19.8 Å². The van der Waals surface area contributed by atoms with Crippen molar-refractivity contribution < 1.29 is 63.1 Å². The second-order valence-corrected chi connectivity index (χ2v) is 17.3. The van der Waals surface area contributed by atoms with Gasteiger partial charge in [-0.25, -0.2) is 4.57 Å². The van der Waals surface area contributed by atoms with Gasteiger partial charge in [-0.3, -0.25) is 18.6 Å². The van der Waals surface area contributed by atoms with Gasteiger partial charge in [-0.2, -0.15) is 0 Å². The highest BCUT2D eigenvalue weighted by atomic mass is 31.2.